The Balaban J connectivity index is 2.48. The number of alkyl halides is 3. The Kier molecular flexibility index (Phi) is 2.87. The molecule has 17 heavy (non-hydrogen) atoms. The minimum absolute atomic E-state index is 0.111. The largest absolute Gasteiger partial charge is 0.459 e. The first-order valence-electron chi connectivity index (χ1n) is 5.16. The molecule has 0 aliphatic rings. The van der Waals surface area contributed by atoms with E-state index in [0.717, 1.165) is 5.56 Å². The zero-order valence-corrected chi connectivity index (χ0v) is 9.43. The van der Waals surface area contributed by atoms with Gasteiger partial charge >= 0.3 is 6.18 Å². The van der Waals surface area contributed by atoms with Gasteiger partial charge in [0.1, 0.15) is 11.3 Å². The second kappa shape index (κ2) is 4.07. The van der Waals surface area contributed by atoms with E-state index in [-0.39, 0.29) is 5.76 Å². The lowest BCUT2D eigenvalue weighted by atomic mass is 10.1. The summed E-state index contributed by atoms with van der Waals surface area (Å²) in [6.45, 7) is 1.88. The van der Waals surface area contributed by atoms with Gasteiger partial charge < -0.3 is 9.73 Å². The third kappa shape index (κ3) is 2.29. The van der Waals surface area contributed by atoms with E-state index in [9.17, 15) is 13.2 Å². The second-order valence-electron chi connectivity index (χ2n) is 3.95. The number of furan rings is 1. The number of rotatable bonds is 2. The van der Waals surface area contributed by atoms with Gasteiger partial charge in [0, 0.05) is 5.39 Å². The lowest BCUT2D eigenvalue weighted by molar-refractivity contribution is -0.159. The summed E-state index contributed by atoms with van der Waals surface area (Å²) in [5, 5.41) is 2.90. The lowest BCUT2D eigenvalue weighted by Crippen LogP contribution is -2.31. The van der Waals surface area contributed by atoms with Crippen molar-refractivity contribution in [3.8, 4) is 0 Å². The maximum atomic E-state index is 12.7. The summed E-state index contributed by atoms with van der Waals surface area (Å²) in [6.07, 6.45) is -4.36. The van der Waals surface area contributed by atoms with Gasteiger partial charge in [-0.2, -0.15) is 13.2 Å². The van der Waals surface area contributed by atoms with Crippen molar-refractivity contribution in [1.29, 1.82) is 0 Å². The highest BCUT2D eigenvalue weighted by Gasteiger charge is 2.41. The Morgan fingerprint density at radius 2 is 1.94 bits per heavy atom. The molecule has 2 nitrogen and oxygen atoms in total. The zero-order valence-electron chi connectivity index (χ0n) is 9.43. The first-order chi connectivity index (χ1) is 7.91. The van der Waals surface area contributed by atoms with Crippen LogP contribution in [0, 0.1) is 6.92 Å². The first-order valence-corrected chi connectivity index (χ1v) is 5.16. The number of aryl methyl sites for hydroxylation is 1. The molecule has 0 aliphatic heterocycles. The molecule has 1 aromatic heterocycles. The van der Waals surface area contributed by atoms with E-state index in [1.54, 1.807) is 18.2 Å². The quantitative estimate of drug-likeness (QED) is 0.872. The van der Waals surface area contributed by atoms with Gasteiger partial charge in [0.2, 0.25) is 0 Å². The predicted molar refractivity (Wildman–Crippen MR) is 58.8 cm³/mol. The van der Waals surface area contributed by atoms with Gasteiger partial charge in [-0.15, -0.1) is 0 Å². The molecular formula is C12H12F3NO. The number of nitrogens with one attached hydrogen (secondary N) is 1. The Morgan fingerprint density at radius 1 is 1.24 bits per heavy atom. The van der Waals surface area contributed by atoms with Crippen LogP contribution in [0.5, 0.6) is 0 Å². The highest BCUT2D eigenvalue weighted by Crippen LogP contribution is 2.35. The fraction of sp³-hybridized carbons (Fsp3) is 0.333. The van der Waals surface area contributed by atoms with E-state index in [0.29, 0.717) is 11.0 Å². The molecule has 2 aromatic rings. The third-order valence-electron chi connectivity index (χ3n) is 2.59. The van der Waals surface area contributed by atoms with Crippen LogP contribution in [0.25, 0.3) is 11.0 Å². The molecule has 0 saturated heterocycles. The van der Waals surface area contributed by atoms with Crippen molar-refractivity contribution < 1.29 is 17.6 Å². The normalized spacial score (nSPS) is 14.2. The van der Waals surface area contributed by atoms with Crippen molar-refractivity contribution in [2.45, 2.75) is 19.1 Å². The predicted octanol–water partition coefficient (Wildman–Crippen LogP) is 3.56. The fourth-order valence-corrected chi connectivity index (χ4v) is 1.79. The standard InChI is InChI=1S/C12H12F3NO/c1-7-3-4-9-8(5-7)6-10(17-9)11(16-2)12(13,14)15/h3-6,11,16H,1-2H3. The molecule has 1 atom stereocenters. The number of fused-ring (bicyclic) bond motifs is 1. The Bertz CT molecular complexity index is 530. The smallest absolute Gasteiger partial charge is 0.410 e. The molecule has 2 rings (SSSR count). The molecule has 1 aromatic carbocycles. The first kappa shape index (κ1) is 12.0. The summed E-state index contributed by atoms with van der Waals surface area (Å²) < 4.78 is 43.3. The van der Waals surface area contributed by atoms with Crippen LogP contribution in [-0.2, 0) is 0 Å². The van der Waals surface area contributed by atoms with E-state index in [1.807, 2.05) is 6.92 Å². The summed E-state index contributed by atoms with van der Waals surface area (Å²) in [5.41, 5.74) is 1.45. The van der Waals surface area contributed by atoms with E-state index >= 15 is 0 Å². The fourth-order valence-electron chi connectivity index (χ4n) is 1.79. The Morgan fingerprint density at radius 3 is 2.53 bits per heavy atom. The molecule has 0 aliphatic carbocycles. The van der Waals surface area contributed by atoms with E-state index in [1.165, 1.54) is 13.1 Å². The highest BCUT2D eigenvalue weighted by molar-refractivity contribution is 5.78. The molecule has 1 unspecified atom stereocenters. The summed E-state index contributed by atoms with van der Waals surface area (Å²) in [6, 6.07) is 4.94. The van der Waals surface area contributed by atoms with Crippen molar-refractivity contribution in [1.82, 2.24) is 5.32 Å². The summed E-state index contributed by atoms with van der Waals surface area (Å²) in [4.78, 5) is 0. The number of halogens is 3. The van der Waals surface area contributed by atoms with E-state index in [2.05, 4.69) is 5.32 Å². The van der Waals surface area contributed by atoms with E-state index in [4.69, 9.17) is 4.42 Å². The molecular weight excluding hydrogens is 231 g/mol. The van der Waals surface area contributed by atoms with Gasteiger partial charge in [-0.3, -0.25) is 0 Å². The molecule has 92 valence electrons. The average Bonchev–Trinajstić information content (AvgIpc) is 2.58. The highest BCUT2D eigenvalue weighted by atomic mass is 19.4. The monoisotopic (exact) mass is 243 g/mol. The van der Waals surface area contributed by atoms with Gasteiger partial charge in [-0.1, -0.05) is 11.6 Å². The van der Waals surface area contributed by atoms with Crippen LogP contribution in [-0.4, -0.2) is 13.2 Å². The van der Waals surface area contributed by atoms with Crippen LogP contribution >= 0.6 is 0 Å². The molecule has 0 amide bonds. The minimum Gasteiger partial charge on any atom is -0.459 e. The van der Waals surface area contributed by atoms with Gasteiger partial charge in [0.25, 0.3) is 0 Å². The third-order valence-corrected chi connectivity index (χ3v) is 2.59. The van der Waals surface area contributed by atoms with Crippen molar-refractivity contribution in [3.05, 3.63) is 35.6 Å². The molecule has 0 bridgehead atoms. The van der Waals surface area contributed by atoms with Crippen LogP contribution < -0.4 is 5.32 Å². The van der Waals surface area contributed by atoms with Crippen LogP contribution in [0.15, 0.2) is 28.7 Å². The average molecular weight is 243 g/mol. The van der Waals surface area contributed by atoms with Crippen molar-refractivity contribution in [2.75, 3.05) is 7.05 Å². The van der Waals surface area contributed by atoms with Crippen LogP contribution in [0.1, 0.15) is 17.4 Å². The molecule has 5 heteroatoms. The van der Waals surface area contributed by atoms with Gasteiger partial charge in [0.05, 0.1) is 0 Å². The van der Waals surface area contributed by atoms with Crippen LogP contribution in [0.3, 0.4) is 0 Å². The maximum absolute atomic E-state index is 12.7. The van der Waals surface area contributed by atoms with Crippen LogP contribution in [0.2, 0.25) is 0 Å². The molecule has 0 radical (unpaired) electrons. The molecule has 0 spiro atoms. The molecule has 1 heterocycles. The molecule has 0 saturated carbocycles. The molecule has 0 fully saturated rings. The van der Waals surface area contributed by atoms with Crippen molar-refractivity contribution in [2.24, 2.45) is 0 Å². The SMILES string of the molecule is CNC(c1cc2cc(C)ccc2o1)C(F)(F)F. The van der Waals surface area contributed by atoms with Gasteiger partial charge in [-0.25, -0.2) is 0 Å². The van der Waals surface area contributed by atoms with Crippen LogP contribution in [0.4, 0.5) is 13.2 Å². The maximum Gasteiger partial charge on any atom is 0.410 e. The lowest BCUT2D eigenvalue weighted by Gasteiger charge is -2.16. The summed E-state index contributed by atoms with van der Waals surface area (Å²) in [5.74, 6) is -0.111. The minimum atomic E-state index is -4.36. The summed E-state index contributed by atoms with van der Waals surface area (Å²) >= 11 is 0. The number of benzene rings is 1. The van der Waals surface area contributed by atoms with Crippen molar-refractivity contribution >= 4 is 11.0 Å². The summed E-state index contributed by atoms with van der Waals surface area (Å²) in [7, 11) is 1.26. The van der Waals surface area contributed by atoms with Gasteiger partial charge in [-0.05, 0) is 32.2 Å². The zero-order chi connectivity index (χ0) is 12.6. The second-order valence-corrected chi connectivity index (χ2v) is 3.95. The Hall–Kier alpha value is -1.49. The van der Waals surface area contributed by atoms with Gasteiger partial charge in [0.15, 0.2) is 6.04 Å². The molecule has 1 N–H and O–H groups in total. The van der Waals surface area contributed by atoms with E-state index < -0.39 is 12.2 Å². The Labute approximate surface area is 96.4 Å². The van der Waals surface area contributed by atoms with Crippen molar-refractivity contribution in [3.63, 3.8) is 0 Å². The topological polar surface area (TPSA) is 25.2 Å². The number of hydrogen-bond donors (Lipinski definition) is 1. The number of hydrogen-bond acceptors (Lipinski definition) is 2.